The van der Waals surface area contributed by atoms with Crippen molar-refractivity contribution < 1.29 is 9.69 Å². The maximum Gasteiger partial charge on any atom is 0.286 e. The summed E-state index contributed by atoms with van der Waals surface area (Å²) in [5, 5.41) is 0.876. The average molecular weight is 330 g/mol. The van der Waals surface area contributed by atoms with Crippen molar-refractivity contribution in [2.75, 3.05) is 32.7 Å². The van der Waals surface area contributed by atoms with Crippen molar-refractivity contribution in [3.63, 3.8) is 0 Å². The highest BCUT2D eigenvalue weighted by molar-refractivity contribution is 8.18. The number of nitrogens with zero attached hydrogens (tertiary/aromatic N) is 2. The van der Waals surface area contributed by atoms with Crippen molar-refractivity contribution in [3.8, 4) is 0 Å². The average Bonchev–Trinajstić information content (AvgIpc) is 2.96. The lowest BCUT2D eigenvalue weighted by Gasteiger charge is -2.32. The number of aliphatic imine (C=N–C) groups is 1. The van der Waals surface area contributed by atoms with Crippen LogP contribution in [0.5, 0.6) is 0 Å². The molecule has 1 aromatic carbocycles. The molecule has 1 fully saturated rings. The van der Waals surface area contributed by atoms with Crippen molar-refractivity contribution >= 4 is 28.9 Å². The molecule has 0 aliphatic carbocycles. The summed E-state index contributed by atoms with van der Waals surface area (Å²) in [6.07, 6.45) is 2.99. The van der Waals surface area contributed by atoms with Crippen LogP contribution in [0.15, 0.2) is 34.2 Å². The van der Waals surface area contributed by atoms with E-state index in [2.05, 4.69) is 48.0 Å². The summed E-state index contributed by atoms with van der Waals surface area (Å²) in [5.74, 6) is -0.102. The number of quaternary nitrogens is 1. The highest BCUT2D eigenvalue weighted by Crippen LogP contribution is 2.30. The fourth-order valence-corrected chi connectivity index (χ4v) is 3.87. The maximum absolute atomic E-state index is 12.2. The first kappa shape index (κ1) is 16.3. The number of carbonyl (C=O) groups excluding carboxylic acids is 1. The molecule has 1 aromatic rings. The Hall–Kier alpha value is -1.59. The van der Waals surface area contributed by atoms with E-state index in [1.807, 2.05) is 6.08 Å². The summed E-state index contributed by atoms with van der Waals surface area (Å²) < 4.78 is 0. The Balaban J connectivity index is 1.66. The van der Waals surface area contributed by atoms with Gasteiger partial charge in [0.05, 0.1) is 37.6 Å². The number of nitrogens with one attached hydrogen (secondary N) is 1. The third-order valence-corrected chi connectivity index (χ3v) is 5.58. The molecule has 0 bridgehead atoms. The van der Waals surface area contributed by atoms with Gasteiger partial charge in [0.2, 0.25) is 0 Å². The van der Waals surface area contributed by atoms with Crippen LogP contribution in [-0.2, 0) is 11.2 Å². The van der Waals surface area contributed by atoms with Gasteiger partial charge >= 0.3 is 0 Å². The lowest BCUT2D eigenvalue weighted by atomic mass is 10.1. The number of rotatable bonds is 3. The summed E-state index contributed by atoms with van der Waals surface area (Å²) in [6.45, 7) is 9.77. The Kier molecular flexibility index (Phi) is 5.18. The minimum Gasteiger partial charge on any atom is -0.339 e. The second-order valence-corrected chi connectivity index (χ2v) is 7.01. The molecule has 2 aliphatic rings. The lowest BCUT2D eigenvalue weighted by molar-refractivity contribution is -0.902. The molecule has 0 radical (unpaired) electrons. The van der Waals surface area contributed by atoms with Crippen LogP contribution in [0.2, 0.25) is 0 Å². The molecular formula is C18H24N3OS+. The standard InChI is InChI=1S/C18H23N3OS/c1-3-14-5-7-15(8-6-14)13-16-17(22)19-18(23-16)21-11-9-20(4-2)10-12-21/h5-8,13H,3-4,9-12H2,1-2H3/p+1/b16-13+. The van der Waals surface area contributed by atoms with Gasteiger partial charge in [0.25, 0.3) is 5.91 Å². The lowest BCUT2D eigenvalue weighted by Crippen LogP contribution is -3.14. The second-order valence-electron chi connectivity index (χ2n) is 6.00. The minimum atomic E-state index is -0.102. The van der Waals surface area contributed by atoms with Crippen LogP contribution >= 0.6 is 11.8 Å². The molecule has 5 heteroatoms. The number of amidine groups is 1. The van der Waals surface area contributed by atoms with Crippen LogP contribution in [-0.4, -0.2) is 48.7 Å². The first-order valence-electron chi connectivity index (χ1n) is 8.39. The van der Waals surface area contributed by atoms with Crippen molar-refractivity contribution in [2.24, 2.45) is 4.99 Å². The first-order valence-corrected chi connectivity index (χ1v) is 9.21. The van der Waals surface area contributed by atoms with E-state index in [0.717, 1.165) is 48.2 Å². The molecular weight excluding hydrogens is 306 g/mol. The molecule has 0 aromatic heterocycles. The van der Waals surface area contributed by atoms with Crippen LogP contribution in [0.3, 0.4) is 0 Å². The van der Waals surface area contributed by atoms with Crippen molar-refractivity contribution in [1.82, 2.24) is 4.90 Å². The molecule has 2 heterocycles. The summed E-state index contributed by atoms with van der Waals surface area (Å²) in [4.78, 5) is 21.0. The number of aryl methyl sites for hydroxylation is 1. The molecule has 2 aliphatic heterocycles. The van der Waals surface area contributed by atoms with E-state index < -0.39 is 0 Å². The predicted octanol–water partition coefficient (Wildman–Crippen LogP) is 1.44. The van der Waals surface area contributed by atoms with Crippen molar-refractivity contribution in [2.45, 2.75) is 20.3 Å². The summed E-state index contributed by atoms with van der Waals surface area (Å²) in [7, 11) is 0. The molecule has 1 saturated heterocycles. The molecule has 3 rings (SSSR count). The van der Waals surface area contributed by atoms with Crippen molar-refractivity contribution in [3.05, 3.63) is 40.3 Å². The highest BCUT2D eigenvalue weighted by atomic mass is 32.2. The Morgan fingerprint density at radius 2 is 1.91 bits per heavy atom. The second kappa shape index (κ2) is 7.32. The third-order valence-electron chi connectivity index (χ3n) is 4.54. The summed E-state index contributed by atoms with van der Waals surface area (Å²) >= 11 is 1.52. The Labute approximate surface area is 142 Å². The van der Waals surface area contributed by atoms with E-state index in [1.54, 1.807) is 4.90 Å². The number of piperazine rings is 1. The maximum atomic E-state index is 12.2. The molecule has 0 unspecified atom stereocenters. The van der Waals surface area contributed by atoms with Gasteiger partial charge < -0.3 is 9.80 Å². The molecule has 0 spiro atoms. The molecule has 4 nitrogen and oxygen atoms in total. The number of carbonyl (C=O) groups is 1. The third kappa shape index (κ3) is 3.85. The minimum absolute atomic E-state index is 0.102. The van der Waals surface area contributed by atoms with E-state index in [4.69, 9.17) is 0 Å². The van der Waals surface area contributed by atoms with E-state index >= 15 is 0 Å². The number of likely N-dealkylation sites (N-methyl/N-ethyl adjacent to an activating group) is 1. The topological polar surface area (TPSA) is 37.1 Å². The number of amides is 1. The van der Waals surface area contributed by atoms with E-state index in [1.165, 1.54) is 23.9 Å². The molecule has 1 amide bonds. The molecule has 0 atom stereocenters. The van der Waals surface area contributed by atoms with Gasteiger partial charge in [-0.15, -0.1) is 0 Å². The fraction of sp³-hybridized carbons (Fsp3) is 0.444. The van der Waals surface area contributed by atoms with E-state index in [-0.39, 0.29) is 5.91 Å². The van der Waals surface area contributed by atoms with Crippen LogP contribution in [0, 0.1) is 0 Å². The number of thioether (sulfide) groups is 1. The Morgan fingerprint density at radius 3 is 2.52 bits per heavy atom. The largest absolute Gasteiger partial charge is 0.339 e. The molecule has 0 saturated carbocycles. The van der Waals surface area contributed by atoms with Gasteiger partial charge in [-0.2, -0.15) is 4.99 Å². The van der Waals surface area contributed by atoms with Gasteiger partial charge in [-0.05, 0) is 42.3 Å². The van der Waals surface area contributed by atoms with Gasteiger partial charge in [0.1, 0.15) is 0 Å². The normalized spacial score (nSPS) is 21.1. The van der Waals surface area contributed by atoms with Gasteiger partial charge in [-0.25, -0.2) is 0 Å². The van der Waals surface area contributed by atoms with Gasteiger partial charge in [-0.3, -0.25) is 4.79 Å². The van der Waals surface area contributed by atoms with Crippen LogP contribution in [0.4, 0.5) is 0 Å². The number of benzene rings is 1. The zero-order valence-electron chi connectivity index (χ0n) is 13.8. The van der Waals surface area contributed by atoms with Crippen LogP contribution in [0.1, 0.15) is 25.0 Å². The molecule has 1 N–H and O–H groups in total. The summed E-state index contributed by atoms with van der Waals surface area (Å²) in [5.41, 5.74) is 2.38. The van der Waals surface area contributed by atoms with Gasteiger partial charge in [-0.1, -0.05) is 31.2 Å². The van der Waals surface area contributed by atoms with Crippen molar-refractivity contribution in [1.29, 1.82) is 0 Å². The van der Waals surface area contributed by atoms with Gasteiger partial charge in [0, 0.05) is 0 Å². The fourth-order valence-electron chi connectivity index (χ4n) is 2.90. The summed E-state index contributed by atoms with van der Waals surface area (Å²) in [6, 6.07) is 8.37. The number of hydrogen-bond donors (Lipinski definition) is 1. The first-order chi connectivity index (χ1) is 11.2. The molecule has 23 heavy (non-hydrogen) atoms. The molecule has 122 valence electrons. The SMILES string of the molecule is CCc1ccc(/C=C2/SC(N3CC[NH+](CC)CC3)=NC2=O)cc1. The van der Waals surface area contributed by atoms with Gasteiger partial charge in [0.15, 0.2) is 5.17 Å². The van der Waals surface area contributed by atoms with E-state index in [0.29, 0.717) is 0 Å². The monoisotopic (exact) mass is 330 g/mol. The van der Waals surface area contributed by atoms with E-state index in [9.17, 15) is 4.79 Å². The number of hydrogen-bond acceptors (Lipinski definition) is 3. The quantitative estimate of drug-likeness (QED) is 0.852. The van der Waals surface area contributed by atoms with Crippen LogP contribution in [0.25, 0.3) is 6.08 Å². The van der Waals surface area contributed by atoms with Crippen LogP contribution < -0.4 is 4.90 Å². The highest BCUT2D eigenvalue weighted by Gasteiger charge is 2.29. The predicted molar refractivity (Wildman–Crippen MR) is 96.6 cm³/mol. The zero-order valence-corrected chi connectivity index (χ0v) is 14.7. The Morgan fingerprint density at radius 1 is 1.22 bits per heavy atom. The Bertz CT molecular complexity index is 628. The zero-order chi connectivity index (χ0) is 16.2. The smallest absolute Gasteiger partial charge is 0.286 e.